The van der Waals surface area contributed by atoms with E-state index in [9.17, 15) is 0 Å². The van der Waals surface area contributed by atoms with Crippen molar-refractivity contribution in [2.75, 3.05) is 6.54 Å². The first kappa shape index (κ1) is 47.7. The van der Waals surface area contributed by atoms with Crippen LogP contribution in [0.25, 0.3) is 42.1 Å². The second-order valence-corrected chi connectivity index (χ2v) is 19.7. The lowest BCUT2D eigenvalue weighted by Crippen LogP contribution is -2.28. The minimum Gasteiger partial charge on any atom is -0.307 e. The van der Waals surface area contributed by atoms with Crippen molar-refractivity contribution in [2.45, 2.75) is 59.4 Å². The third-order valence-electron chi connectivity index (χ3n) is 13.5. The van der Waals surface area contributed by atoms with Crippen molar-refractivity contribution in [2.24, 2.45) is 0 Å². The van der Waals surface area contributed by atoms with Crippen LogP contribution in [0.4, 0.5) is 0 Å². The quantitative estimate of drug-likeness (QED) is 0.175. The van der Waals surface area contributed by atoms with Gasteiger partial charge in [-0.15, -0.1) is 11.3 Å². The van der Waals surface area contributed by atoms with E-state index in [1.807, 2.05) is 47.7 Å². The van der Waals surface area contributed by atoms with Gasteiger partial charge in [0.25, 0.3) is 0 Å². The monoisotopic (exact) mass is 925 g/mol. The lowest BCUT2D eigenvalue weighted by molar-refractivity contribution is 0.767. The Labute approximate surface area is 420 Å². The van der Waals surface area contributed by atoms with Crippen LogP contribution in [0.5, 0.6) is 0 Å². The molecule has 10 aromatic carbocycles. The molecule has 1 aromatic heterocycles. The van der Waals surface area contributed by atoms with E-state index in [1.165, 1.54) is 103 Å². The molecule has 1 saturated heterocycles. The van der Waals surface area contributed by atoms with E-state index in [0.717, 1.165) is 13.0 Å². The predicted octanol–water partition coefficient (Wildman–Crippen LogP) is 18.1. The highest BCUT2D eigenvalue weighted by atomic mass is 32.1. The predicted molar refractivity (Wildman–Crippen MR) is 304 cm³/mol. The highest BCUT2D eigenvalue weighted by Gasteiger charge is 2.46. The Morgan fingerprint density at radius 1 is 0.429 bits per heavy atom. The van der Waals surface area contributed by atoms with E-state index in [2.05, 4.69) is 247 Å². The van der Waals surface area contributed by atoms with Gasteiger partial charge in [0.1, 0.15) is 0 Å². The van der Waals surface area contributed by atoms with Crippen LogP contribution in [0, 0.1) is 34.6 Å². The first-order valence-corrected chi connectivity index (χ1v) is 25.5. The van der Waals surface area contributed by atoms with Crippen molar-refractivity contribution in [3.63, 3.8) is 0 Å². The molecule has 0 radical (unpaired) electrons. The summed E-state index contributed by atoms with van der Waals surface area (Å²) >= 11 is 1.88. The largest absolute Gasteiger partial charge is 0.307 e. The van der Waals surface area contributed by atoms with Crippen LogP contribution in [0.3, 0.4) is 0 Å². The molecule has 2 heterocycles. The van der Waals surface area contributed by atoms with Gasteiger partial charge in [-0.05, 0) is 120 Å². The summed E-state index contributed by atoms with van der Waals surface area (Å²) in [7, 11) is 0. The van der Waals surface area contributed by atoms with Gasteiger partial charge >= 0.3 is 0 Å². The number of benzene rings is 10. The second-order valence-electron chi connectivity index (χ2n) is 18.7. The summed E-state index contributed by atoms with van der Waals surface area (Å²) < 4.78 is 2.79. The van der Waals surface area contributed by atoms with Crippen LogP contribution >= 0.6 is 11.3 Å². The molecule has 2 aliphatic rings. The topological polar surface area (TPSA) is 21.9 Å². The average molecular weight is 926 g/mol. The molecule has 13 rings (SSSR count). The Balaban J connectivity index is 0.000000128. The Hall–Kier alpha value is -7.36. The number of hydrogen-bond donors (Lipinski definition) is 1. The zero-order chi connectivity index (χ0) is 48.5. The van der Waals surface area contributed by atoms with Crippen molar-refractivity contribution in [1.82, 2.24) is 5.32 Å². The summed E-state index contributed by atoms with van der Waals surface area (Å²) in [6.07, 6.45) is 1.11. The van der Waals surface area contributed by atoms with Crippen molar-refractivity contribution in [1.29, 1.82) is 0 Å². The molecule has 346 valence electrons. The number of fused-ring (bicyclic) bond motifs is 8. The molecule has 0 saturated carbocycles. The molecule has 1 aliphatic heterocycles. The number of thiophene rings is 1. The summed E-state index contributed by atoms with van der Waals surface area (Å²) in [5.74, 6) is 0. The highest BCUT2D eigenvalue weighted by Crippen LogP contribution is 2.58. The van der Waals surface area contributed by atoms with E-state index in [-0.39, 0.29) is 5.41 Å². The summed E-state index contributed by atoms with van der Waals surface area (Å²) in [5, 5.41) is 8.76. The number of hydrogen-bond acceptors (Lipinski definition) is 2. The van der Waals surface area contributed by atoms with Crippen molar-refractivity contribution < 1.29 is 0 Å². The molecule has 0 amide bonds. The fraction of sp³-hybridized carbons (Fsp3) is 0.147. The van der Waals surface area contributed by atoms with Crippen LogP contribution < -0.4 is 5.32 Å². The van der Waals surface area contributed by atoms with Gasteiger partial charge in [-0.3, -0.25) is 0 Å². The van der Waals surface area contributed by atoms with E-state index >= 15 is 0 Å². The van der Waals surface area contributed by atoms with Crippen molar-refractivity contribution in [3.8, 4) is 11.1 Å². The maximum absolute atomic E-state index is 3.27. The Morgan fingerprint density at radius 3 is 1.46 bits per heavy atom. The summed E-state index contributed by atoms with van der Waals surface area (Å²) in [6, 6.07) is 85.7. The Morgan fingerprint density at radius 2 is 0.914 bits per heavy atom. The number of rotatable bonds is 4. The van der Waals surface area contributed by atoms with Gasteiger partial charge in [-0.25, -0.2) is 0 Å². The molecular formula is C68H63NS. The molecule has 70 heavy (non-hydrogen) atoms. The number of aryl methyl sites for hydroxylation is 6. The fourth-order valence-electron chi connectivity index (χ4n) is 9.79. The number of nitrogens with one attached hydrogen (secondary N) is 1. The average Bonchev–Trinajstić information content (AvgIpc) is 4.13. The molecular weight excluding hydrogens is 863 g/mol. The molecule has 1 aliphatic carbocycles. The van der Waals surface area contributed by atoms with Crippen LogP contribution in [0.1, 0.15) is 74.2 Å². The maximum Gasteiger partial charge on any atom is 0.0713 e. The Bertz CT molecular complexity index is 3360. The van der Waals surface area contributed by atoms with Crippen LogP contribution in [-0.4, -0.2) is 6.54 Å². The van der Waals surface area contributed by atoms with E-state index < -0.39 is 0 Å². The van der Waals surface area contributed by atoms with Crippen LogP contribution in [0.2, 0.25) is 0 Å². The lowest BCUT2D eigenvalue weighted by Gasteiger charge is -2.34. The lowest BCUT2D eigenvalue weighted by atomic mass is 9.67. The summed E-state index contributed by atoms with van der Waals surface area (Å²) in [5.41, 5.74) is 17.3. The maximum atomic E-state index is 3.27. The molecule has 11 aromatic rings. The normalized spacial score (nSPS) is 13.5. The fourth-order valence-corrected chi connectivity index (χ4v) is 10.9. The first-order chi connectivity index (χ1) is 34.2. The zero-order valence-corrected chi connectivity index (χ0v) is 42.2. The molecule has 1 unspecified atom stereocenters. The summed E-state index contributed by atoms with van der Waals surface area (Å²) in [6.45, 7) is 14.1. The van der Waals surface area contributed by atoms with Crippen LogP contribution in [-0.2, 0) is 11.8 Å². The molecule has 0 bridgehead atoms. The molecule has 2 heteroatoms. The van der Waals surface area contributed by atoms with Crippen molar-refractivity contribution >= 4 is 42.3 Å². The van der Waals surface area contributed by atoms with E-state index in [1.54, 1.807) is 0 Å². The highest BCUT2D eigenvalue weighted by molar-refractivity contribution is 7.25. The molecule has 1 atom stereocenters. The third-order valence-corrected chi connectivity index (χ3v) is 14.7. The second kappa shape index (κ2) is 21.9. The SMILES string of the molecule is CCc1ccc2sc3ccccc3c2c1.Cc1ccc(C2CN2)cc1.Cc1ccc2c(c1)C(c1ccccc1)(c1ccccc1)c1cc(C)c3ccccc3c1-2.Cc1ccccc1.Cc1ccccc1. The molecule has 1 N–H and O–H groups in total. The molecule has 0 spiro atoms. The van der Waals surface area contributed by atoms with E-state index in [4.69, 9.17) is 0 Å². The van der Waals surface area contributed by atoms with Crippen molar-refractivity contribution in [3.05, 3.63) is 298 Å². The minimum absolute atomic E-state index is 0.325. The van der Waals surface area contributed by atoms with Gasteiger partial charge in [-0.2, -0.15) is 0 Å². The summed E-state index contributed by atoms with van der Waals surface area (Å²) in [4.78, 5) is 0. The minimum atomic E-state index is -0.325. The van der Waals surface area contributed by atoms with Gasteiger partial charge in [0.2, 0.25) is 0 Å². The molecule has 1 fully saturated rings. The first-order valence-electron chi connectivity index (χ1n) is 24.7. The van der Waals surface area contributed by atoms with Gasteiger partial charge in [0, 0.05) is 32.8 Å². The molecule has 1 nitrogen and oxygen atoms in total. The van der Waals surface area contributed by atoms with Gasteiger partial charge in [0.05, 0.1) is 5.41 Å². The third kappa shape index (κ3) is 10.5. The smallest absolute Gasteiger partial charge is 0.0713 e. The standard InChI is InChI=1S/C31H24.C14H12S.C9H11N.2C7H8/c1-21-17-18-27-28(19-21)31(23-11-5-3-6-12-23,24-13-7-4-8-14-24)29-20-22(2)25-15-9-10-16-26(25)30(27)29;1-2-10-7-8-14-12(9-10)11-5-3-4-6-13(11)15-14;1-7-2-4-8(5-3-7)9-6-10-9;2*1-7-5-3-2-4-6-7/h3-20H,1-2H3;3-9H,2H2,1H3;2-5,9-10H,6H2,1H3;2*2-6H,1H3. The van der Waals surface area contributed by atoms with Gasteiger partial charge < -0.3 is 5.32 Å². The Kier molecular flexibility index (Phi) is 14.9. The van der Waals surface area contributed by atoms with Crippen LogP contribution in [0.15, 0.2) is 237 Å². The van der Waals surface area contributed by atoms with Gasteiger partial charge in [-0.1, -0.05) is 248 Å². The van der Waals surface area contributed by atoms with E-state index in [0.29, 0.717) is 6.04 Å². The van der Waals surface area contributed by atoms with Gasteiger partial charge in [0.15, 0.2) is 0 Å². The zero-order valence-electron chi connectivity index (χ0n) is 41.4.